The molecule has 5 nitrogen and oxygen atoms in total. The summed E-state index contributed by atoms with van der Waals surface area (Å²) in [6.45, 7) is 3.28. The van der Waals surface area contributed by atoms with Crippen LogP contribution in [0.2, 0.25) is 5.02 Å². The zero-order valence-electron chi connectivity index (χ0n) is 14.2. The number of hydrogen-bond donors (Lipinski definition) is 2. The first-order valence-electron chi connectivity index (χ1n) is 8.17. The summed E-state index contributed by atoms with van der Waals surface area (Å²) in [5, 5.41) is 5.88. The molecule has 0 bridgehead atoms. The molecule has 2 aromatic carbocycles. The highest BCUT2D eigenvalue weighted by molar-refractivity contribution is 6.31. The molecule has 0 unspecified atom stereocenters. The van der Waals surface area contributed by atoms with Crippen LogP contribution in [0.3, 0.4) is 0 Å². The number of urea groups is 1. The standard InChI is InChI=1S/C19H22ClN3O2/c1-2-23(14-15-8-4-3-5-9-15)18(24)13-22-19(25)21-12-16-10-6-7-11-17(16)20/h3-11H,2,12-14H2,1H3,(H2,21,22,25). The highest BCUT2D eigenvalue weighted by Gasteiger charge is 2.13. The molecule has 0 aliphatic heterocycles. The number of carbonyl (C=O) groups is 2. The lowest BCUT2D eigenvalue weighted by atomic mass is 10.2. The summed E-state index contributed by atoms with van der Waals surface area (Å²) in [5.74, 6) is -0.126. The maximum absolute atomic E-state index is 12.3. The Morgan fingerprint density at radius 1 is 1.00 bits per heavy atom. The van der Waals surface area contributed by atoms with Gasteiger partial charge in [0.25, 0.3) is 0 Å². The second kappa shape index (κ2) is 9.69. The topological polar surface area (TPSA) is 61.4 Å². The summed E-state index contributed by atoms with van der Waals surface area (Å²) in [4.78, 5) is 25.8. The molecule has 25 heavy (non-hydrogen) atoms. The van der Waals surface area contributed by atoms with E-state index in [0.29, 0.717) is 24.7 Å². The Morgan fingerprint density at radius 3 is 2.36 bits per heavy atom. The molecule has 0 aliphatic carbocycles. The van der Waals surface area contributed by atoms with Gasteiger partial charge in [0.15, 0.2) is 0 Å². The van der Waals surface area contributed by atoms with E-state index in [1.54, 1.807) is 11.0 Å². The van der Waals surface area contributed by atoms with Crippen LogP contribution in [0.1, 0.15) is 18.1 Å². The van der Waals surface area contributed by atoms with Crippen molar-refractivity contribution in [1.82, 2.24) is 15.5 Å². The predicted molar refractivity (Wildman–Crippen MR) is 99.2 cm³/mol. The van der Waals surface area contributed by atoms with Crippen LogP contribution in [0.4, 0.5) is 4.79 Å². The van der Waals surface area contributed by atoms with Crippen molar-refractivity contribution in [1.29, 1.82) is 0 Å². The summed E-state index contributed by atoms with van der Waals surface area (Å²) in [6, 6.07) is 16.6. The first kappa shape index (κ1) is 18.8. The van der Waals surface area contributed by atoms with Gasteiger partial charge in [-0.05, 0) is 24.1 Å². The number of likely N-dealkylation sites (N-methyl/N-ethyl adjacent to an activating group) is 1. The molecule has 0 radical (unpaired) electrons. The quantitative estimate of drug-likeness (QED) is 0.797. The first-order chi connectivity index (χ1) is 12.1. The maximum atomic E-state index is 12.3. The van der Waals surface area contributed by atoms with E-state index >= 15 is 0 Å². The number of rotatable bonds is 7. The molecule has 132 valence electrons. The van der Waals surface area contributed by atoms with Gasteiger partial charge in [0, 0.05) is 24.7 Å². The Labute approximate surface area is 153 Å². The van der Waals surface area contributed by atoms with Gasteiger partial charge in [-0.3, -0.25) is 4.79 Å². The zero-order valence-corrected chi connectivity index (χ0v) is 14.9. The summed E-state index contributed by atoms with van der Waals surface area (Å²) in [5.41, 5.74) is 1.88. The van der Waals surface area contributed by atoms with Crippen LogP contribution in [0.15, 0.2) is 54.6 Å². The van der Waals surface area contributed by atoms with Crippen LogP contribution < -0.4 is 10.6 Å². The minimum absolute atomic E-state index is 0.0466. The molecule has 2 N–H and O–H groups in total. The first-order valence-corrected chi connectivity index (χ1v) is 8.54. The van der Waals surface area contributed by atoms with Gasteiger partial charge in [-0.1, -0.05) is 60.1 Å². The Morgan fingerprint density at radius 2 is 1.68 bits per heavy atom. The number of benzene rings is 2. The normalized spacial score (nSPS) is 10.2. The Hall–Kier alpha value is -2.53. The van der Waals surface area contributed by atoms with E-state index in [1.165, 1.54) is 0 Å². The van der Waals surface area contributed by atoms with Crippen molar-refractivity contribution in [2.24, 2.45) is 0 Å². The van der Waals surface area contributed by atoms with Crippen molar-refractivity contribution < 1.29 is 9.59 Å². The third-order valence-corrected chi connectivity index (χ3v) is 4.12. The van der Waals surface area contributed by atoms with E-state index in [0.717, 1.165) is 11.1 Å². The van der Waals surface area contributed by atoms with Crippen molar-refractivity contribution in [3.05, 3.63) is 70.7 Å². The van der Waals surface area contributed by atoms with Gasteiger partial charge in [-0.2, -0.15) is 0 Å². The van der Waals surface area contributed by atoms with E-state index in [4.69, 9.17) is 11.6 Å². The molecular formula is C19H22ClN3O2. The van der Waals surface area contributed by atoms with E-state index < -0.39 is 6.03 Å². The largest absolute Gasteiger partial charge is 0.337 e. The number of amides is 3. The molecule has 0 spiro atoms. The summed E-state index contributed by atoms with van der Waals surface area (Å²) in [6.07, 6.45) is 0. The molecule has 2 aromatic rings. The lowest BCUT2D eigenvalue weighted by Crippen LogP contribution is -2.43. The van der Waals surface area contributed by atoms with Crippen molar-refractivity contribution in [3.8, 4) is 0 Å². The molecule has 0 atom stereocenters. The third-order valence-electron chi connectivity index (χ3n) is 3.75. The van der Waals surface area contributed by atoms with Crippen LogP contribution in [0.25, 0.3) is 0 Å². The highest BCUT2D eigenvalue weighted by atomic mass is 35.5. The summed E-state index contributed by atoms with van der Waals surface area (Å²) < 4.78 is 0. The minimum atomic E-state index is -0.399. The lowest BCUT2D eigenvalue weighted by Gasteiger charge is -2.21. The Balaban J connectivity index is 1.77. The minimum Gasteiger partial charge on any atom is -0.337 e. The van der Waals surface area contributed by atoms with Crippen LogP contribution in [-0.4, -0.2) is 29.9 Å². The summed E-state index contributed by atoms with van der Waals surface area (Å²) in [7, 11) is 0. The number of hydrogen-bond acceptors (Lipinski definition) is 2. The fraction of sp³-hybridized carbons (Fsp3) is 0.263. The van der Waals surface area contributed by atoms with Gasteiger partial charge in [0.05, 0.1) is 6.54 Å². The average molecular weight is 360 g/mol. The van der Waals surface area contributed by atoms with Crippen molar-refractivity contribution in [2.45, 2.75) is 20.0 Å². The van der Waals surface area contributed by atoms with E-state index in [9.17, 15) is 9.59 Å². The van der Waals surface area contributed by atoms with Gasteiger partial charge in [0.1, 0.15) is 0 Å². The van der Waals surface area contributed by atoms with Crippen molar-refractivity contribution >= 4 is 23.5 Å². The smallest absolute Gasteiger partial charge is 0.315 e. The molecular weight excluding hydrogens is 338 g/mol. The SMILES string of the molecule is CCN(Cc1ccccc1)C(=O)CNC(=O)NCc1ccccc1Cl. The number of nitrogens with zero attached hydrogens (tertiary/aromatic N) is 1. The van der Waals surface area contributed by atoms with Gasteiger partial charge in [-0.25, -0.2) is 4.79 Å². The molecule has 0 saturated carbocycles. The maximum Gasteiger partial charge on any atom is 0.315 e. The third kappa shape index (κ3) is 6.12. The highest BCUT2D eigenvalue weighted by Crippen LogP contribution is 2.14. The predicted octanol–water partition coefficient (Wildman–Crippen LogP) is 3.19. The van der Waals surface area contributed by atoms with E-state index in [-0.39, 0.29) is 12.5 Å². The molecule has 3 amide bonds. The van der Waals surface area contributed by atoms with Gasteiger partial charge in [0.2, 0.25) is 5.91 Å². The van der Waals surface area contributed by atoms with Gasteiger partial charge in [-0.15, -0.1) is 0 Å². The van der Waals surface area contributed by atoms with E-state index in [2.05, 4.69) is 10.6 Å². The fourth-order valence-corrected chi connectivity index (χ4v) is 2.53. The average Bonchev–Trinajstić information content (AvgIpc) is 2.64. The molecule has 0 fully saturated rings. The number of carbonyl (C=O) groups excluding carboxylic acids is 2. The Kier molecular flexibility index (Phi) is 7.29. The van der Waals surface area contributed by atoms with Gasteiger partial charge < -0.3 is 15.5 Å². The lowest BCUT2D eigenvalue weighted by molar-refractivity contribution is -0.130. The van der Waals surface area contributed by atoms with Crippen LogP contribution in [-0.2, 0) is 17.9 Å². The van der Waals surface area contributed by atoms with Crippen LogP contribution >= 0.6 is 11.6 Å². The second-order valence-electron chi connectivity index (χ2n) is 5.52. The molecule has 0 aromatic heterocycles. The summed E-state index contributed by atoms with van der Waals surface area (Å²) >= 11 is 6.04. The number of nitrogens with one attached hydrogen (secondary N) is 2. The van der Waals surface area contributed by atoms with E-state index in [1.807, 2.05) is 55.5 Å². The molecule has 0 saturated heterocycles. The molecule has 0 heterocycles. The van der Waals surface area contributed by atoms with Crippen molar-refractivity contribution in [3.63, 3.8) is 0 Å². The molecule has 2 rings (SSSR count). The van der Waals surface area contributed by atoms with Gasteiger partial charge >= 0.3 is 6.03 Å². The fourth-order valence-electron chi connectivity index (χ4n) is 2.33. The van der Waals surface area contributed by atoms with Crippen LogP contribution in [0.5, 0.6) is 0 Å². The Bertz CT molecular complexity index is 707. The zero-order chi connectivity index (χ0) is 18.1. The number of halogens is 1. The molecule has 0 aliphatic rings. The van der Waals surface area contributed by atoms with Crippen LogP contribution in [0, 0.1) is 0 Å². The second-order valence-corrected chi connectivity index (χ2v) is 5.93. The monoisotopic (exact) mass is 359 g/mol. The van der Waals surface area contributed by atoms with Crippen molar-refractivity contribution in [2.75, 3.05) is 13.1 Å². The molecule has 6 heteroatoms.